The summed E-state index contributed by atoms with van der Waals surface area (Å²) in [5, 5.41) is 0. The molecule has 0 amide bonds. The van der Waals surface area contributed by atoms with Crippen molar-refractivity contribution >= 4 is 34.7 Å². The number of esters is 1. The second-order valence-corrected chi connectivity index (χ2v) is 8.87. The van der Waals surface area contributed by atoms with Crippen molar-refractivity contribution in [3.8, 4) is 5.75 Å². The summed E-state index contributed by atoms with van der Waals surface area (Å²) >= 11 is 0. The van der Waals surface area contributed by atoms with E-state index in [1.54, 1.807) is 6.92 Å². The van der Waals surface area contributed by atoms with Gasteiger partial charge >= 0.3 is 5.97 Å². The van der Waals surface area contributed by atoms with Gasteiger partial charge in [0.15, 0.2) is 0 Å². The van der Waals surface area contributed by atoms with Crippen LogP contribution in [0, 0.1) is 0 Å². The molecule has 0 aliphatic heterocycles. The van der Waals surface area contributed by atoms with Crippen LogP contribution in [0.15, 0.2) is 140 Å². The lowest BCUT2D eigenvalue weighted by atomic mass is 9.95. The molecule has 0 heterocycles. The molecule has 0 saturated carbocycles. The summed E-state index contributed by atoms with van der Waals surface area (Å²) in [7, 11) is 0. The van der Waals surface area contributed by atoms with Crippen LogP contribution in [0.1, 0.15) is 30.0 Å². The number of hydrogen-bond acceptors (Lipinski definition) is 3. The third-order valence-electron chi connectivity index (χ3n) is 6.26. The van der Waals surface area contributed by atoms with Crippen LogP contribution < -0.4 is 9.64 Å². The Labute approximate surface area is 224 Å². The largest absolute Gasteiger partial charge is 0.427 e. The zero-order chi connectivity index (χ0) is 26.2. The van der Waals surface area contributed by atoms with E-state index in [0.29, 0.717) is 12.2 Å². The van der Waals surface area contributed by atoms with Crippen molar-refractivity contribution in [3.05, 3.63) is 156 Å². The van der Waals surface area contributed by atoms with Crippen LogP contribution in [0.4, 0.5) is 17.1 Å². The summed E-state index contributed by atoms with van der Waals surface area (Å²) in [6, 6.07) is 47.4. The molecule has 5 aromatic carbocycles. The van der Waals surface area contributed by atoms with Gasteiger partial charge < -0.3 is 9.64 Å². The molecule has 0 fully saturated rings. The lowest BCUT2D eigenvalue weighted by Crippen LogP contribution is -2.10. The summed E-state index contributed by atoms with van der Waals surface area (Å²) in [5.41, 5.74) is 7.71. The van der Waals surface area contributed by atoms with Crippen molar-refractivity contribution in [1.82, 2.24) is 0 Å². The molecule has 5 rings (SSSR count). The fourth-order valence-electron chi connectivity index (χ4n) is 4.35. The molecule has 38 heavy (non-hydrogen) atoms. The molecule has 3 heteroatoms. The van der Waals surface area contributed by atoms with Gasteiger partial charge in [-0.3, -0.25) is 4.79 Å². The number of benzene rings is 5. The predicted molar refractivity (Wildman–Crippen MR) is 157 cm³/mol. The van der Waals surface area contributed by atoms with Crippen LogP contribution >= 0.6 is 0 Å². The van der Waals surface area contributed by atoms with Crippen LogP contribution in [0.3, 0.4) is 0 Å². The maximum absolute atomic E-state index is 11.7. The number of carbonyl (C=O) groups is 1. The maximum atomic E-state index is 11.7. The van der Waals surface area contributed by atoms with E-state index >= 15 is 0 Å². The average Bonchev–Trinajstić information content (AvgIpc) is 2.99. The Hall–Kier alpha value is -4.89. The summed E-state index contributed by atoms with van der Waals surface area (Å²) in [6.45, 7) is 1.79. The van der Waals surface area contributed by atoms with E-state index in [-0.39, 0.29) is 5.97 Å². The van der Waals surface area contributed by atoms with Crippen LogP contribution in [0.2, 0.25) is 0 Å². The molecule has 0 saturated heterocycles. The highest BCUT2D eigenvalue weighted by molar-refractivity contribution is 5.91. The van der Waals surface area contributed by atoms with E-state index in [2.05, 4.69) is 95.9 Å². The first-order chi connectivity index (χ1) is 18.7. The molecule has 0 aromatic heterocycles. The second-order valence-electron chi connectivity index (χ2n) is 8.87. The Kier molecular flexibility index (Phi) is 7.76. The summed E-state index contributed by atoms with van der Waals surface area (Å²) in [4.78, 5) is 13.9. The van der Waals surface area contributed by atoms with E-state index in [4.69, 9.17) is 4.74 Å². The minimum Gasteiger partial charge on any atom is -0.427 e. The van der Waals surface area contributed by atoms with E-state index in [1.807, 2.05) is 54.6 Å². The number of para-hydroxylation sites is 1. The molecule has 3 nitrogen and oxygen atoms in total. The van der Waals surface area contributed by atoms with Crippen molar-refractivity contribution in [2.75, 3.05) is 4.90 Å². The van der Waals surface area contributed by atoms with E-state index < -0.39 is 0 Å². The van der Waals surface area contributed by atoms with Crippen LogP contribution in [0.5, 0.6) is 5.75 Å². The maximum Gasteiger partial charge on any atom is 0.310 e. The lowest BCUT2D eigenvalue weighted by Gasteiger charge is -2.25. The van der Waals surface area contributed by atoms with Crippen molar-refractivity contribution in [2.45, 2.75) is 13.3 Å². The number of rotatable bonds is 8. The molecule has 0 aliphatic rings. The molecular weight excluding hydrogens is 466 g/mol. The normalized spacial score (nSPS) is 10.4. The van der Waals surface area contributed by atoms with Crippen LogP contribution in [0.25, 0.3) is 11.6 Å². The van der Waals surface area contributed by atoms with E-state index in [1.165, 1.54) is 16.7 Å². The van der Waals surface area contributed by atoms with E-state index in [0.717, 1.165) is 22.6 Å². The van der Waals surface area contributed by atoms with Gasteiger partial charge in [0.1, 0.15) is 5.75 Å². The first-order valence-corrected chi connectivity index (χ1v) is 12.8. The van der Waals surface area contributed by atoms with Gasteiger partial charge in [0.2, 0.25) is 0 Å². The number of anilines is 3. The monoisotopic (exact) mass is 495 g/mol. The molecule has 186 valence electrons. The molecule has 0 unspecified atom stereocenters. The molecule has 0 atom stereocenters. The fraction of sp³-hybridized carbons (Fsp3) is 0.0571. The number of nitrogens with zero attached hydrogens (tertiary/aromatic N) is 1. The highest BCUT2D eigenvalue weighted by Gasteiger charge is 2.13. The molecule has 0 spiro atoms. The van der Waals surface area contributed by atoms with Crippen molar-refractivity contribution in [1.29, 1.82) is 0 Å². The Morgan fingerprint density at radius 2 is 1.05 bits per heavy atom. The molecule has 5 aromatic rings. The van der Waals surface area contributed by atoms with Gasteiger partial charge in [0.25, 0.3) is 0 Å². The predicted octanol–water partition coefficient (Wildman–Crippen LogP) is 9.06. The topological polar surface area (TPSA) is 29.5 Å². The number of hydrogen-bond donors (Lipinski definition) is 0. The highest BCUT2D eigenvalue weighted by atomic mass is 16.5. The van der Waals surface area contributed by atoms with Gasteiger partial charge in [-0.2, -0.15) is 0 Å². The van der Waals surface area contributed by atoms with Gasteiger partial charge in [-0.1, -0.05) is 97.9 Å². The molecule has 0 radical (unpaired) electrons. The smallest absolute Gasteiger partial charge is 0.310 e. The lowest BCUT2D eigenvalue weighted by molar-refractivity contribution is -0.134. The van der Waals surface area contributed by atoms with Crippen molar-refractivity contribution < 1.29 is 9.53 Å². The Morgan fingerprint density at radius 3 is 1.55 bits per heavy atom. The quantitative estimate of drug-likeness (QED) is 0.122. The third-order valence-corrected chi connectivity index (χ3v) is 6.26. The molecule has 0 bridgehead atoms. The minimum absolute atomic E-state index is 0.244. The third kappa shape index (κ3) is 5.91. The Bertz CT molecular complexity index is 1450. The zero-order valence-electron chi connectivity index (χ0n) is 21.3. The Morgan fingerprint density at radius 1 is 0.605 bits per heavy atom. The van der Waals surface area contributed by atoms with Gasteiger partial charge in [-0.15, -0.1) is 0 Å². The Balaban J connectivity index is 1.50. The summed E-state index contributed by atoms with van der Waals surface area (Å²) in [5.74, 6) is 0.301. The van der Waals surface area contributed by atoms with Crippen molar-refractivity contribution in [2.24, 2.45) is 0 Å². The summed E-state index contributed by atoms with van der Waals surface area (Å²) in [6.07, 6.45) is 2.58. The first-order valence-electron chi connectivity index (χ1n) is 12.8. The van der Waals surface area contributed by atoms with Crippen LogP contribution in [-0.4, -0.2) is 5.97 Å². The molecule has 0 aliphatic carbocycles. The SMILES string of the molecule is CCC(=O)Oc1ccc(N(c2ccccc2)c2ccc(C=C(c3ccccc3)c3ccccc3)cc2)cc1. The zero-order valence-corrected chi connectivity index (χ0v) is 21.3. The molecule has 0 N–H and O–H groups in total. The van der Waals surface area contributed by atoms with Gasteiger partial charge in [0, 0.05) is 23.5 Å². The second kappa shape index (κ2) is 11.9. The van der Waals surface area contributed by atoms with E-state index in [9.17, 15) is 4.79 Å². The first kappa shape index (κ1) is 24.8. The number of ether oxygens (including phenoxy) is 1. The fourth-order valence-corrected chi connectivity index (χ4v) is 4.35. The van der Waals surface area contributed by atoms with Gasteiger partial charge in [-0.25, -0.2) is 0 Å². The van der Waals surface area contributed by atoms with Crippen molar-refractivity contribution in [3.63, 3.8) is 0 Å². The highest BCUT2D eigenvalue weighted by Crippen LogP contribution is 2.36. The van der Waals surface area contributed by atoms with Crippen LogP contribution in [-0.2, 0) is 4.79 Å². The summed E-state index contributed by atoms with van der Waals surface area (Å²) < 4.78 is 5.37. The average molecular weight is 496 g/mol. The minimum atomic E-state index is -0.244. The van der Waals surface area contributed by atoms with Gasteiger partial charge in [-0.05, 0) is 76.9 Å². The standard InChI is InChI=1S/C35H29NO2/c1-2-35(37)38-33-24-22-32(23-25-33)36(30-16-10-5-11-17-30)31-20-18-27(19-21-31)26-34(28-12-6-3-7-13-28)29-14-8-4-9-15-29/h3-26H,2H2,1H3. The molecular formula is C35H29NO2. The number of carbonyl (C=O) groups excluding carboxylic acids is 1. The van der Waals surface area contributed by atoms with Gasteiger partial charge in [0.05, 0.1) is 0 Å².